The molecule has 1 unspecified atom stereocenters. The van der Waals surface area contributed by atoms with Gasteiger partial charge in [-0.05, 0) is 25.7 Å². The summed E-state index contributed by atoms with van der Waals surface area (Å²) in [6.45, 7) is 2.07. The van der Waals surface area contributed by atoms with E-state index in [1.54, 1.807) is 7.11 Å². The summed E-state index contributed by atoms with van der Waals surface area (Å²) in [6.07, 6.45) is 2.03. The molecule has 2 bridgehead atoms. The third kappa shape index (κ3) is 0.729. The number of hydrogen-bond acceptors (Lipinski definition) is 3. The van der Waals surface area contributed by atoms with E-state index in [1.807, 2.05) is 0 Å². The van der Waals surface area contributed by atoms with Gasteiger partial charge < -0.3 is 14.6 Å². The second-order valence-electron chi connectivity index (χ2n) is 4.70. The Morgan fingerprint density at radius 2 is 2.31 bits per heavy atom. The van der Waals surface area contributed by atoms with Gasteiger partial charge in [-0.1, -0.05) is 0 Å². The van der Waals surface area contributed by atoms with Crippen molar-refractivity contribution in [3.05, 3.63) is 0 Å². The Bertz CT molecular complexity index is 242. The van der Waals surface area contributed by atoms with Crippen LogP contribution in [0.3, 0.4) is 0 Å². The maximum Gasteiger partial charge on any atom is 0.0993 e. The number of hydrogen-bond donors (Lipinski definition) is 1. The predicted molar refractivity (Wildman–Crippen MR) is 46.3 cm³/mol. The lowest BCUT2D eigenvalue weighted by molar-refractivity contribution is -0.0680. The van der Waals surface area contributed by atoms with Crippen LogP contribution < -0.4 is 0 Å². The first kappa shape index (κ1) is 8.21. The van der Waals surface area contributed by atoms with Gasteiger partial charge in [-0.2, -0.15) is 0 Å². The highest BCUT2D eigenvalue weighted by Crippen LogP contribution is 2.59. The molecule has 3 fully saturated rings. The van der Waals surface area contributed by atoms with Crippen molar-refractivity contribution in [3.8, 4) is 0 Å². The molecule has 6 atom stereocenters. The van der Waals surface area contributed by atoms with Crippen molar-refractivity contribution in [3.63, 3.8) is 0 Å². The molecule has 0 radical (unpaired) electrons. The molecule has 3 aliphatic rings. The van der Waals surface area contributed by atoms with E-state index < -0.39 is 0 Å². The summed E-state index contributed by atoms with van der Waals surface area (Å²) in [5.74, 6) is 0.854. The van der Waals surface area contributed by atoms with Gasteiger partial charge in [0.1, 0.15) is 0 Å². The summed E-state index contributed by atoms with van der Waals surface area (Å²) in [5.41, 5.74) is -0.0748. The van der Waals surface area contributed by atoms with E-state index in [0.717, 1.165) is 12.8 Å². The molecule has 0 amide bonds. The molecule has 0 spiro atoms. The average molecular weight is 184 g/mol. The highest BCUT2D eigenvalue weighted by atomic mass is 16.6. The Morgan fingerprint density at radius 3 is 2.92 bits per heavy atom. The predicted octanol–water partition coefficient (Wildman–Crippen LogP) is 0.560. The lowest BCUT2D eigenvalue weighted by Gasteiger charge is -2.33. The first-order valence-electron chi connectivity index (χ1n) is 5.07. The number of aliphatic hydroxyl groups is 1. The first-order chi connectivity index (χ1) is 6.19. The van der Waals surface area contributed by atoms with Gasteiger partial charge in [0.25, 0.3) is 0 Å². The summed E-state index contributed by atoms with van der Waals surface area (Å²) in [5, 5.41) is 9.85. The van der Waals surface area contributed by atoms with Crippen LogP contribution in [0.5, 0.6) is 0 Å². The van der Waals surface area contributed by atoms with Crippen molar-refractivity contribution >= 4 is 0 Å². The summed E-state index contributed by atoms with van der Waals surface area (Å²) in [4.78, 5) is 0. The molecule has 2 saturated carbocycles. The van der Waals surface area contributed by atoms with Crippen LogP contribution in [0.4, 0.5) is 0 Å². The monoisotopic (exact) mass is 184 g/mol. The zero-order valence-corrected chi connectivity index (χ0v) is 8.06. The quantitative estimate of drug-likeness (QED) is 0.647. The number of methoxy groups -OCH3 is 1. The van der Waals surface area contributed by atoms with Crippen LogP contribution in [0.15, 0.2) is 0 Å². The number of aliphatic hydroxyl groups excluding tert-OH is 1. The maximum absolute atomic E-state index is 9.85. The van der Waals surface area contributed by atoms with E-state index in [1.165, 1.54) is 0 Å². The lowest BCUT2D eigenvalue weighted by atomic mass is 9.81. The van der Waals surface area contributed by atoms with E-state index in [2.05, 4.69) is 6.92 Å². The molecule has 1 saturated heterocycles. The van der Waals surface area contributed by atoms with E-state index in [0.29, 0.717) is 11.8 Å². The molecular weight excluding hydrogens is 168 g/mol. The van der Waals surface area contributed by atoms with Gasteiger partial charge in [0.15, 0.2) is 0 Å². The molecule has 3 rings (SSSR count). The Morgan fingerprint density at radius 1 is 1.54 bits per heavy atom. The van der Waals surface area contributed by atoms with Crippen molar-refractivity contribution < 1.29 is 14.6 Å². The minimum absolute atomic E-state index is 0.0497. The third-order valence-electron chi connectivity index (χ3n) is 4.41. The van der Waals surface area contributed by atoms with Crippen LogP contribution in [0.1, 0.15) is 19.8 Å². The fourth-order valence-corrected chi connectivity index (χ4v) is 3.74. The van der Waals surface area contributed by atoms with Crippen LogP contribution in [0, 0.1) is 11.8 Å². The van der Waals surface area contributed by atoms with Crippen molar-refractivity contribution in [2.75, 3.05) is 7.11 Å². The number of fused-ring (bicyclic) bond motifs is 1. The Kier molecular flexibility index (Phi) is 1.43. The van der Waals surface area contributed by atoms with Crippen LogP contribution >= 0.6 is 0 Å². The van der Waals surface area contributed by atoms with Crippen molar-refractivity contribution in [1.29, 1.82) is 0 Å². The molecule has 74 valence electrons. The van der Waals surface area contributed by atoms with Crippen molar-refractivity contribution in [2.24, 2.45) is 11.8 Å². The van der Waals surface area contributed by atoms with Crippen LogP contribution in [0.2, 0.25) is 0 Å². The Hall–Kier alpha value is -0.120. The number of ether oxygens (including phenoxy) is 2. The smallest absolute Gasteiger partial charge is 0.0993 e. The molecular formula is C10H16O3. The summed E-state index contributed by atoms with van der Waals surface area (Å²) < 4.78 is 11.4. The first-order valence-corrected chi connectivity index (χ1v) is 5.07. The highest BCUT2D eigenvalue weighted by molar-refractivity contribution is 5.17. The van der Waals surface area contributed by atoms with E-state index in [4.69, 9.17) is 9.47 Å². The van der Waals surface area contributed by atoms with Gasteiger partial charge in [-0.25, -0.2) is 0 Å². The molecule has 3 nitrogen and oxygen atoms in total. The number of rotatable bonds is 1. The zero-order valence-electron chi connectivity index (χ0n) is 8.06. The topological polar surface area (TPSA) is 38.7 Å². The van der Waals surface area contributed by atoms with Gasteiger partial charge in [-0.15, -0.1) is 0 Å². The average Bonchev–Trinajstić information content (AvgIpc) is 2.68. The van der Waals surface area contributed by atoms with E-state index in [9.17, 15) is 5.11 Å². The van der Waals surface area contributed by atoms with Crippen LogP contribution in [0.25, 0.3) is 0 Å². The van der Waals surface area contributed by atoms with Crippen molar-refractivity contribution in [2.45, 2.75) is 43.7 Å². The highest BCUT2D eigenvalue weighted by Gasteiger charge is 2.68. The zero-order chi connectivity index (χ0) is 9.22. The van der Waals surface area contributed by atoms with Crippen molar-refractivity contribution in [1.82, 2.24) is 0 Å². The van der Waals surface area contributed by atoms with E-state index in [-0.39, 0.29) is 23.9 Å². The standard InChI is InChI=1S/C10H16O3/c1-5-10(12-2)4-6-3-7(10)9(13-5)8(6)11/h5-9,11H,3-4H2,1-2H3/t5?,6-,7-,8-,9-,10-/m0/s1. The minimum atomic E-state index is -0.238. The van der Waals surface area contributed by atoms with Gasteiger partial charge in [0.2, 0.25) is 0 Å². The fourth-order valence-electron chi connectivity index (χ4n) is 3.74. The molecule has 0 aromatic rings. The molecule has 3 heteroatoms. The second-order valence-corrected chi connectivity index (χ2v) is 4.70. The second kappa shape index (κ2) is 2.27. The largest absolute Gasteiger partial charge is 0.390 e. The van der Waals surface area contributed by atoms with Gasteiger partial charge >= 0.3 is 0 Å². The maximum atomic E-state index is 9.85. The Balaban J connectivity index is 2.01. The molecule has 0 aromatic heterocycles. The molecule has 1 N–H and O–H groups in total. The summed E-state index contributed by atoms with van der Waals surface area (Å²) in [6, 6.07) is 0. The molecule has 1 aliphatic heterocycles. The third-order valence-corrected chi connectivity index (χ3v) is 4.41. The SMILES string of the molecule is CO[C@]12C[C@@H]3C[C@H]1[C@H](OC2C)[C@H]3O. The summed E-state index contributed by atoms with van der Waals surface area (Å²) >= 11 is 0. The molecule has 0 aromatic carbocycles. The fraction of sp³-hybridized carbons (Fsp3) is 1.00. The summed E-state index contributed by atoms with van der Waals surface area (Å²) in [7, 11) is 1.77. The van der Waals surface area contributed by atoms with Gasteiger partial charge in [0.05, 0.1) is 23.9 Å². The Labute approximate surface area is 78.0 Å². The molecule has 2 aliphatic carbocycles. The lowest BCUT2D eigenvalue weighted by Crippen LogP contribution is -2.45. The van der Waals surface area contributed by atoms with Gasteiger partial charge in [0, 0.05) is 13.0 Å². The van der Waals surface area contributed by atoms with E-state index >= 15 is 0 Å². The minimum Gasteiger partial charge on any atom is -0.390 e. The molecule has 1 heterocycles. The van der Waals surface area contributed by atoms with Gasteiger partial charge in [-0.3, -0.25) is 0 Å². The molecule has 13 heavy (non-hydrogen) atoms. The van der Waals surface area contributed by atoms with Crippen LogP contribution in [-0.4, -0.2) is 36.1 Å². The van der Waals surface area contributed by atoms with Crippen LogP contribution in [-0.2, 0) is 9.47 Å². The normalized spacial score (nSPS) is 63.5.